The summed E-state index contributed by atoms with van der Waals surface area (Å²) < 4.78 is 126. The Balaban J connectivity index is 1.90. The summed E-state index contributed by atoms with van der Waals surface area (Å²) in [7, 11) is 0.961. The van der Waals surface area contributed by atoms with E-state index in [0.717, 1.165) is 19.3 Å². The number of aryl methyl sites for hydroxylation is 1. The number of ether oxygens (including phenoxy) is 1. The molecule has 4 rings (SSSR count). The Kier molecular flexibility index (Phi) is 4.92. The maximum absolute atomic E-state index is 14.9. The molecule has 1 aliphatic rings. The second kappa shape index (κ2) is 7.14. The van der Waals surface area contributed by atoms with Crippen LogP contribution in [0, 0.1) is 0 Å². The molecule has 34 heavy (non-hydrogen) atoms. The van der Waals surface area contributed by atoms with E-state index in [2.05, 4.69) is 14.9 Å². The van der Waals surface area contributed by atoms with Gasteiger partial charge in [-0.05, 0) is 17.7 Å². The van der Waals surface area contributed by atoms with Crippen molar-refractivity contribution in [2.24, 2.45) is 7.05 Å². The van der Waals surface area contributed by atoms with Crippen LogP contribution < -0.4 is 4.74 Å². The largest absolute Gasteiger partial charge is 0.478 e. The predicted octanol–water partition coefficient (Wildman–Crippen LogP) is 5.00. The maximum Gasteiger partial charge on any atom is 0.459 e. The number of rotatable bonds is 3. The van der Waals surface area contributed by atoms with E-state index in [1.807, 2.05) is 0 Å². The summed E-state index contributed by atoms with van der Waals surface area (Å²) in [5, 5.41) is 16.0. The third-order valence-electron chi connectivity index (χ3n) is 4.94. The van der Waals surface area contributed by atoms with Crippen LogP contribution >= 0.6 is 0 Å². The molecular formula is C18H9F9N4O3. The van der Waals surface area contributed by atoms with Gasteiger partial charge in [-0.25, -0.2) is 14.2 Å². The van der Waals surface area contributed by atoms with Crippen LogP contribution in [0.2, 0.25) is 0 Å². The van der Waals surface area contributed by atoms with Crippen molar-refractivity contribution in [3.63, 3.8) is 0 Å². The fourth-order valence-corrected chi connectivity index (χ4v) is 3.44. The molecule has 1 aromatic carbocycles. The Morgan fingerprint density at radius 3 is 2.32 bits per heavy atom. The van der Waals surface area contributed by atoms with Crippen LogP contribution in [0.3, 0.4) is 0 Å². The molecule has 2 aromatic heterocycles. The highest BCUT2D eigenvalue weighted by atomic mass is 19.4. The average Bonchev–Trinajstić information content (AvgIpc) is 3.28. The van der Waals surface area contributed by atoms with Crippen LogP contribution in [0.25, 0.3) is 16.9 Å². The van der Waals surface area contributed by atoms with Gasteiger partial charge in [-0.3, -0.25) is 0 Å². The van der Waals surface area contributed by atoms with Gasteiger partial charge < -0.3 is 9.84 Å². The summed E-state index contributed by atoms with van der Waals surface area (Å²) >= 11 is 0. The number of nitrogens with zero attached hydrogens (tertiary/aromatic N) is 4. The lowest BCUT2D eigenvalue weighted by Gasteiger charge is -2.24. The molecule has 1 aliphatic heterocycles. The van der Waals surface area contributed by atoms with Crippen LogP contribution in [-0.4, -0.2) is 36.8 Å². The summed E-state index contributed by atoms with van der Waals surface area (Å²) in [4.78, 5) is 11.3. The minimum absolute atomic E-state index is 0.260. The SMILES string of the molecule is Cn1nc(C(F)(F)C(F)(F)F)c2c1-n1ncc(-c3ccc(C(F)(F)F)c(C(=O)O)c3)c1C(F)O2. The number of carboxylic acids is 1. The van der Waals surface area contributed by atoms with Gasteiger partial charge in [0, 0.05) is 12.6 Å². The number of fused-ring (bicyclic) bond motifs is 3. The number of carboxylic acid groups (broad SMARTS) is 1. The molecule has 182 valence electrons. The topological polar surface area (TPSA) is 82.2 Å². The molecule has 0 radical (unpaired) electrons. The Morgan fingerprint density at radius 2 is 1.76 bits per heavy atom. The molecule has 0 bridgehead atoms. The van der Waals surface area contributed by atoms with Gasteiger partial charge >= 0.3 is 24.2 Å². The number of alkyl halides is 9. The van der Waals surface area contributed by atoms with Crippen LogP contribution in [0.15, 0.2) is 24.4 Å². The second-order valence-corrected chi connectivity index (χ2v) is 7.05. The third-order valence-corrected chi connectivity index (χ3v) is 4.94. The van der Waals surface area contributed by atoms with E-state index in [-0.39, 0.29) is 11.1 Å². The first-order valence-corrected chi connectivity index (χ1v) is 8.91. The monoisotopic (exact) mass is 500 g/mol. The third kappa shape index (κ3) is 3.35. The van der Waals surface area contributed by atoms with Crippen molar-refractivity contribution in [2.75, 3.05) is 0 Å². The highest BCUT2D eigenvalue weighted by Gasteiger charge is 2.63. The van der Waals surface area contributed by atoms with Crippen LogP contribution in [0.5, 0.6) is 5.75 Å². The Labute approximate surface area is 182 Å². The molecule has 16 heteroatoms. The lowest BCUT2D eigenvalue weighted by Crippen LogP contribution is -2.35. The van der Waals surface area contributed by atoms with Gasteiger partial charge in [0.05, 0.1) is 17.3 Å². The van der Waals surface area contributed by atoms with E-state index >= 15 is 0 Å². The fourth-order valence-electron chi connectivity index (χ4n) is 3.44. The van der Waals surface area contributed by atoms with Crippen molar-refractivity contribution < 1.29 is 54.2 Å². The van der Waals surface area contributed by atoms with Gasteiger partial charge in [-0.1, -0.05) is 6.07 Å². The number of aromatic nitrogens is 4. The highest BCUT2D eigenvalue weighted by Crippen LogP contribution is 2.51. The first-order chi connectivity index (χ1) is 15.6. The van der Waals surface area contributed by atoms with Gasteiger partial charge in [-0.2, -0.15) is 49.7 Å². The normalized spacial score (nSPS) is 16.1. The number of carbonyl (C=O) groups is 1. The van der Waals surface area contributed by atoms with E-state index in [4.69, 9.17) is 5.11 Å². The molecule has 0 saturated heterocycles. The summed E-state index contributed by atoms with van der Waals surface area (Å²) in [6.45, 7) is 0. The van der Waals surface area contributed by atoms with E-state index in [1.54, 1.807) is 0 Å². The molecule has 7 nitrogen and oxygen atoms in total. The molecule has 0 amide bonds. The summed E-state index contributed by atoms with van der Waals surface area (Å²) in [5.41, 5.74) is -5.70. The van der Waals surface area contributed by atoms with Gasteiger partial charge in [0.25, 0.3) is 6.36 Å². The molecule has 1 atom stereocenters. The predicted molar refractivity (Wildman–Crippen MR) is 92.2 cm³/mol. The zero-order valence-electron chi connectivity index (χ0n) is 16.3. The number of hydrogen-bond donors (Lipinski definition) is 1. The Morgan fingerprint density at radius 1 is 1.12 bits per heavy atom. The van der Waals surface area contributed by atoms with Crippen molar-refractivity contribution in [1.29, 1.82) is 0 Å². The van der Waals surface area contributed by atoms with Crippen molar-refractivity contribution in [3.8, 4) is 22.7 Å². The van der Waals surface area contributed by atoms with Crippen molar-refractivity contribution in [2.45, 2.75) is 24.6 Å². The average molecular weight is 500 g/mol. The Hall–Kier alpha value is -3.72. The lowest BCUT2D eigenvalue weighted by atomic mass is 9.98. The zero-order chi connectivity index (χ0) is 25.4. The van der Waals surface area contributed by atoms with Crippen LogP contribution in [0.4, 0.5) is 39.5 Å². The Bertz CT molecular complexity index is 1310. The molecule has 0 fully saturated rings. The minimum atomic E-state index is -6.08. The quantitative estimate of drug-likeness (QED) is 0.512. The molecule has 3 heterocycles. The molecule has 1 N–H and O–H groups in total. The van der Waals surface area contributed by atoms with E-state index in [0.29, 0.717) is 21.5 Å². The number of halogens is 9. The minimum Gasteiger partial charge on any atom is -0.478 e. The summed E-state index contributed by atoms with van der Waals surface area (Å²) in [5.74, 6) is -9.29. The smallest absolute Gasteiger partial charge is 0.459 e. The van der Waals surface area contributed by atoms with Crippen LogP contribution in [0.1, 0.15) is 33.7 Å². The van der Waals surface area contributed by atoms with E-state index in [1.165, 1.54) is 0 Å². The lowest BCUT2D eigenvalue weighted by molar-refractivity contribution is -0.291. The van der Waals surface area contributed by atoms with Gasteiger partial charge in [0.1, 0.15) is 5.69 Å². The highest BCUT2D eigenvalue weighted by molar-refractivity contribution is 5.91. The molecular weight excluding hydrogens is 491 g/mol. The standard InChI is InChI=1S/C18H9F9N4O3/c1-30-14-11(12(29-30)16(20,21)18(25,26)27)34-13(19)10-8(5-28-31(10)14)6-2-3-9(17(22,23)24)7(4-6)15(32)33/h2-5,13H,1H3,(H,32,33). The zero-order valence-corrected chi connectivity index (χ0v) is 16.3. The number of aromatic carboxylic acids is 1. The van der Waals surface area contributed by atoms with Gasteiger partial charge in [-0.15, -0.1) is 0 Å². The maximum atomic E-state index is 14.9. The van der Waals surface area contributed by atoms with E-state index in [9.17, 15) is 44.3 Å². The van der Waals surface area contributed by atoms with E-state index < -0.39 is 64.7 Å². The van der Waals surface area contributed by atoms with Gasteiger partial charge in [0.15, 0.2) is 17.3 Å². The summed E-state index contributed by atoms with van der Waals surface area (Å²) in [6, 6.07) is 1.86. The molecule has 3 aromatic rings. The first kappa shape index (κ1) is 23.4. The van der Waals surface area contributed by atoms with Gasteiger partial charge in [0.2, 0.25) is 0 Å². The fraction of sp³-hybridized carbons (Fsp3) is 0.278. The molecule has 0 aliphatic carbocycles. The van der Waals surface area contributed by atoms with Crippen molar-refractivity contribution in [3.05, 3.63) is 46.9 Å². The number of benzene rings is 1. The number of hydrogen-bond acceptors (Lipinski definition) is 4. The van der Waals surface area contributed by atoms with Crippen molar-refractivity contribution >= 4 is 5.97 Å². The van der Waals surface area contributed by atoms with Crippen molar-refractivity contribution in [1.82, 2.24) is 19.6 Å². The molecule has 0 saturated carbocycles. The first-order valence-electron chi connectivity index (χ1n) is 8.91. The molecule has 1 unspecified atom stereocenters. The molecule has 0 spiro atoms. The summed E-state index contributed by atoms with van der Waals surface area (Å²) in [6.07, 6.45) is -12.9. The van der Waals surface area contributed by atoms with Crippen LogP contribution in [-0.2, 0) is 19.1 Å². The second-order valence-electron chi connectivity index (χ2n) is 7.05.